The average Bonchev–Trinajstić information content (AvgIpc) is 2.92. The number of hydrogen-bond acceptors (Lipinski definition) is 3. The number of anilines is 1. The number of nitrogens with one attached hydrogen (secondary N) is 1. The molecule has 0 unspecified atom stereocenters. The smallest absolute Gasteiger partial charge is 0.323 e. The van der Waals surface area contributed by atoms with Crippen LogP contribution in [0, 0.1) is 18.7 Å². The van der Waals surface area contributed by atoms with Gasteiger partial charge in [0.05, 0.1) is 0 Å². The lowest BCUT2D eigenvalue weighted by Crippen LogP contribution is -2.50. The van der Waals surface area contributed by atoms with Gasteiger partial charge in [0, 0.05) is 12.2 Å². The fraction of sp³-hybridized carbons (Fsp3) is 0.591. The zero-order valence-electron chi connectivity index (χ0n) is 17.1. The second kappa shape index (κ2) is 7.43. The summed E-state index contributed by atoms with van der Waals surface area (Å²) in [6, 6.07) is 2.40. The maximum atomic E-state index is 13.8. The molecule has 4 amide bonds. The van der Waals surface area contributed by atoms with Crippen molar-refractivity contribution in [1.29, 1.82) is 0 Å². The van der Waals surface area contributed by atoms with E-state index in [0.29, 0.717) is 43.0 Å². The van der Waals surface area contributed by atoms with Gasteiger partial charge in [0.25, 0.3) is 5.91 Å². The molecule has 0 bridgehead atoms. The number of carbonyl (C=O) groups excluding carboxylic acids is 3. The summed E-state index contributed by atoms with van der Waals surface area (Å²) in [5.74, 6) is -0.301. The van der Waals surface area contributed by atoms with E-state index in [9.17, 15) is 18.8 Å². The maximum absolute atomic E-state index is 13.8. The van der Waals surface area contributed by atoms with Gasteiger partial charge in [-0.3, -0.25) is 14.5 Å². The van der Waals surface area contributed by atoms with Crippen molar-refractivity contribution in [2.24, 2.45) is 5.92 Å². The maximum Gasteiger partial charge on any atom is 0.325 e. The molecule has 29 heavy (non-hydrogen) atoms. The van der Waals surface area contributed by atoms with Crippen LogP contribution in [0.3, 0.4) is 0 Å². The second-order valence-corrected chi connectivity index (χ2v) is 8.63. The Kier molecular flexibility index (Phi) is 5.09. The average molecular weight is 401 g/mol. The highest BCUT2D eigenvalue weighted by atomic mass is 19.1. The summed E-state index contributed by atoms with van der Waals surface area (Å²) < 4.78 is 13.8. The van der Waals surface area contributed by atoms with Crippen LogP contribution in [0.4, 0.5) is 14.9 Å². The van der Waals surface area contributed by atoms with Gasteiger partial charge < -0.3 is 10.2 Å². The Labute approximate surface area is 170 Å². The van der Waals surface area contributed by atoms with E-state index in [1.54, 1.807) is 11.8 Å². The molecule has 1 saturated carbocycles. The molecule has 2 aliphatic heterocycles. The van der Waals surface area contributed by atoms with Crippen LogP contribution in [0.2, 0.25) is 0 Å². The third-order valence-corrected chi connectivity index (χ3v) is 6.82. The van der Waals surface area contributed by atoms with Crippen LogP contribution in [0.15, 0.2) is 12.1 Å². The van der Waals surface area contributed by atoms with E-state index in [4.69, 9.17) is 0 Å². The number of rotatable bonds is 3. The fourth-order valence-corrected chi connectivity index (χ4v) is 5.13. The molecule has 3 aliphatic rings. The zero-order valence-corrected chi connectivity index (χ0v) is 17.1. The molecule has 1 spiro atoms. The van der Waals surface area contributed by atoms with Crippen LogP contribution in [-0.4, -0.2) is 41.4 Å². The fourth-order valence-electron chi connectivity index (χ4n) is 5.13. The van der Waals surface area contributed by atoms with E-state index in [-0.39, 0.29) is 24.2 Å². The summed E-state index contributed by atoms with van der Waals surface area (Å²) in [6.45, 7) is 4.15. The third kappa shape index (κ3) is 3.40. The van der Waals surface area contributed by atoms with Gasteiger partial charge >= 0.3 is 6.03 Å². The lowest BCUT2D eigenvalue weighted by atomic mass is 9.75. The SMILES string of the molecule is CCC1CCC2(CC1)NC(=O)N(CC(=O)N1CCCc3cc(F)cc(C)c31)C2=O. The molecule has 1 aromatic carbocycles. The lowest BCUT2D eigenvalue weighted by molar-refractivity contribution is -0.135. The van der Waals surface area contributed by atoms with Crippen molar-refractivity contribution < 1.29 is 18.8 Å². The first-order valence-corrected chi connectivity index (χ1v) is 10.6. The molecule has 0 atom stereocenters. The first-order chi connectivity index (χ1) is 13.8. The Morgan fingerprint density at radius 2 is 2.00 bits per heavy atom. The normalized spacial score (nSPS) is 26.7. The Bertz CT molecular complexity index is 861. The molecule has 7 heteroatoms. The highest BCUT2D eigenvalue weighted by Crippen LogP contribution is 2.38. The number of urea groups is 1. The van der Waals surface area contributed by atoms with Crippen LogP contribution >= 0.6 is 0 Å². The Morgan fingerprint density at radius 1 is 1.28 bits per heavy atom. The Balaban J connectivity index is 1.51. The third-order valence-electron chi connectivity index (χ3n) is 6.82. The van der Waals surface area contributed by atoms with E-state index >= 15 is 0 Å². The van der Waals surface area contributed by atoms with Crippen LogP contribution in [0.25, 0.3) is 0 Å². The minimum absolute atomic E-state index is 0.278. The van der Waals surface area contributed by atoms with E-state index in [2.05, 4.69) is 12.2 Å². The molecule has 6 nitrogen and oxygen atoms in total. The molecule has 1 aromatic rings. The first kappa shape index (κ1) is 19.9. The largest absolute Gasteiger partial charge is 0.325 e. The number of aryl methyl sites for hydroxylation is 2. The molecule has 2 fully saturated rings. The molecule has 2 heterocycles. The van der Waals surface area contributed by atoms with Gasteiger partial charge in [-0.25, -0.2) is 9.18 Å². The van der Waals surface area contributed by atoms with E-state index in [0.717, 1.165) is 36.1 Å². The topological polar surface area (TPSA) is 69.7 Å². The van der Waals surface area contributed by atoms with Crippen LogP contribution < -0.4 is 10.2 Å². The van der Waals surface area contributed by atoms with Gasteiger partial charge in [-0.05, 0) is 74.6 Å². The van der Waals surface area contributed by atoms with Gasteiger partial charge in [0.2, 0.25) is 5.91 Å². The number of halogens is 1. The minimum Gasteiger partial charge on any atom is -0.323 e. The molecule has 0 radical (unpaired) electrons. The molecule has 1 aliphatic carbocycles. The zero-order chi connectivity index (χ0) is 20.8. The summed E-state index contributed by atoms with van der Waals surface area (Å²) in [4.78, 5) is 41.4. The number of nitrogens with zero attached hydrogens (tertiary/aromatic N) is 2. The van der Waals surface area contributed by atoms with Gasteiger partial charge in [-0.2, -0.15) is 0 Å². The summed E-state index contributed by atoms with van der Waals surface area (Å²) in [5, 5.41) is 2.88. The van der Waals surface area contributed by atoms with E-state index in [1.165, 1.54) is 12.1 Å². The number of carbonyl (C=O) groups is 3. The summed E-state index contributed by atoms with van der Waals surface area (Å²) in [6.07, 6.45) is 5.60. The summed E-state index contributed by atoms with van der Waals surface area (Å²) in [7, 11) is 0. The predicted octanol–water partition coefficient (Wildman–Crippen LogP) is 3.30. The Morgan fingerprint density at radius 3 is 2.69 bits per heavy atom. The van der Waals surface area contributed by atoms with Crippen molar-refractivity contribution in [3.63, 3.8) is 0 Å². The van der Waals surface area contributed by atoms with Gasteiger partial charge in [0.15, 0.2) is 0 Å². The molecule has 1 N–H and O–H groups in total. The molecule has 1 saturated heterocycles. The lowest BCUT2D eigenvalue weighted by Gasteiger charge is -2.35. The van der Waals surface area contributed by atoms with E-state index < -0.39 is 11.6 Å². The van der Waals surface area contributed by atoms with Crippen LogP contribution in [0.5, 0.6) is 0 Å². The predicted molar refractivity (Wildman–Crippen MR) is 107 cm³/mol. The van der Waals surface area contributed by atoms with Gasteiger partial charge in [-0.15, -0.1) is 0 Å². The summed E-state index contributed by atoms with van der Waals surface area (Å²) >= 11 is 0. The minimum atomic E-state index is -0.845. The monoisotopic (exact) mass is 401 g/mol. The number of imide groups is 1. The van der Waals surface area contributed by atoms with Crippen molar-refractivity contribution in [2.45, 2.75) is 64.3 Å². The quantitative estimate of drug-likeness (QED) is 0.790. The first-order valence-electron chi connectivity index (χ1n) is 10.6. The highest BCUT2D eigenvalue weighted by Gasteiger charge is 2.52. The number of benzene rings is 1. The number of fused-ring (bicyclic) bond motifs is 1. The molecule has 0 aromatic heterocycles. The van der Waals surface area contributed by atoms with Gasteiger partial charge in [-0.1, -0.05) is 13.3 Å². The van der Waals surface area contributed by atoms with Crippen molar-refractivity contribution in [3.05, 3.63) is 29.1 Å². The standard InChI is InChI=1S/C22H28FN3O3/c1-3-15-6-8-22(9-7-15)20(28)26(21(29)24-22)13-18(27)25-10-4-5-16-12-17(23)11-14(2)19(16)25/h11-12,15H,3-10,13H2,1-2H3,(H,24,29). The van der Waals surface area contributed by atoms with Crippen LogP contribution in [0.1, 0.15) is 56.6 Å². The van der Waals surface area contributed by atoms with Gasteiger partial charge in [0.1, 0.15) is 17.9 Å². The van der Waals surface area contributed by atoms with Crippen molar-refractivity contribution in [1.82, 2.24) is 10.2 Å². The molecular weight excluding hydrogens is 373 g/mol. The van der Waals surface area contributed by atoms with E-state index in [1.807, 2.05) is 0 Å². The molecule has 156 valence electrons. The second-order valence-electron chi connectivity index (χ2n) is 8.63. The molecular formula is C22H28FN3O3. The van der Waals surface area contributed by atoms with Crippen LogP contribution in [-0.2, 0) is 16.0 Å². The molecule has 4 rings (SSSR count). The summed E-state index contributed by atoms with van der Waals surface area (Å²) in [5.41, 5.74) is 1.36. The van der Waals surface area contributed by atoms with Crippen molar-refractivity contribution in [3.8, 4) is 0 Å². The van der Waals surface area contributed by atoms with Crippen molar-refractivity contribution in [2.75, 3.05) is 18.0 Å². The van der Waals surface area contributed by atoms with Crippen molar-refractivity contribution >= 4 is 23.5 Å². The highest BCUT2D eigenvalue weighted by molar-refractivity contribution is 6.10. The Hall–Kier alpha value is -2.44. The number of amides is 4. The number of hydrogen-bond donors (Lipinski definition) is 1.